The number of hydrogen-bond donors (Lipinski definition) is 1. The van der Waals surface area contributed by atoms with Crippen molar-refractivity contribution in [3.05, 3.63) is 78.9 Å². The molecule has 192 valence electrons. The quantitative estimate of drug-likeness (QED) is 0.378. The molecule has 11 heteroatoms. The Morgan fingerprint density at radius 2 is 1.71 bits per heavy atom. The minimum atomic E-state index is -0.576. The molecule has 7 rings (SSSR count). The normalized spacial score (nSPS) is 15.3. The largest absolute Gasteiger partial charge is 0.486 e. The monoisotopic (exact) mass is 531 g/mol. The minimum Gasteiger partial charge on any atom is -0.486 e. The van der Waals surface area contributed by atoms with E-state index in [1.54, 1.807) is 36.4 Å². The van der Waals surface area contributed by atoms with Gasteiger partial charge in [0.15, 0.2) is 23.0 Å². The lowest BCUT2D eigenvalue weighted by Gasteiger charge is -2.27. The van der Waals surface area contributed by atoms with E-state index >= 15 is 0 Å². The van der Waals surface area contributed by atoms with Gasteiger partial charge in [-0.25, -0.2) is 4.79 Å². The summed E-state index contributed by atoms with van der Waals surface area (Å²) in [5.41, 5.74) is 1.49. The molecule has 0 unspecified atom stereocenters. The summed E-state index contributed by atoms with van der Waals surface area (Å²) in [6.07, 6.45) is 0. The van der Waals surface area contributed by atoms with Crippen molar-refractivity contribution in [1.82, 2.24) is 9.55 Å². The van der Waals surface area contributed by atoms with Crippen LogP contribution in [-0.4, -0.2) is 49.1 Å². The fourth-order valence-corrected chi connectivity index (χ4v) is 5.87. The van der Waals surface area contributed by atoms with Gasteiger partial charge >= 0.3 is 5.69 Å². The Bertz CT molecular complexity index is 1900. The molecule has 0 amide bonds. The highest BCUT2D eigenvalue weighted by Gasteiger charge is 2.25. The topological polar surface area (TPSA) is 116 Å². The van der Waals surface area contributed by atoms with Gasteiger partial charge in [-0.15, -0.1) is 11.3 Å². The van der Waals surface area contributed by atoms with Gasteiger partial charge in [0.2, 0.25) is 5.43 Å². The number of fused-ring (bicyclic) bond motifs is 3. The fraction of sp³-hybridized carbons (Fsp3) is 0.222. The van der Waals surface area contributed by atoms with Crippen LogP contribution in [0.15, 0.2) is 66.6 Å². The number of anilines is 1. The van der Waals surface area contributed by atoms with E-state index in [9.17, 15) is 14.4 Å². The van der Waals surface area contributed by atoms with E-state index in [1.165, 1.54) is 22.0 Å². The van der Waals surface area contributed by atoms with E-state index < -0.39 is 11.2 Å². The van der Waals surface area contributed by atoms with Crippen LogP contribution in [-0.2, 0) is 4.74 Å². The average molecular weight is 532 g/mol. The fourth-order valence-electron chi connectivity index (χ4n) is 4.97. The first kappa shape index (κ1) is 22.8. The molecule has 0 aliphatic carbocycles. The maximum Gasteiger partial charge on any atom is 0.333 e. The Hall–Kier alpha value is -4.35. The molecular weight excluding hydrogens is 510 g/mol. The molecule has 0 saturated carbocycles. The van der Waals surface area contributed by atoms with Gasteiger partial charge in [0.25, 0.3) is 5.56 Å². The summed E-state index contributed by atoms with van der Waals surface area (Å²) >= 11 is 1.29. The van der Waals surface area contributed by atoms with E-state index in [1.807, 2.05) is 10.3 Å². The van der Waals surface area contributed by atoms with Crippen molar-refractivity contribution in [3.8, 4) is 28.3 Å². The number of thiophene rings is 1. The van der Waals surface area contributed by atoms with Crippen LogP contribution in [0.2, 0.25) is 0 Å². The van der Waals surface area contributed by atoms with Crippen molar-refractivity contribution >= 4 is 38.4 Å². The van der Waals surface area contributed by atoms with Crippen LogP contribution < -0.4 is 31.1 Å². The first-order chi connectivity index (χ1) is 18.6. The van der Waals surface area contributed by atoms with Crippen molar-refractivity contribution in [2.75, 3.05) is 44.4 Å². The van der Waals surface area contributed by atoms with Gasteiger partial charge in [0.1, 0.15) is 17.9 Å². The Labute approximate surface area is 218 Å². The van der Waals surface area contributed by atoms with Crippen molar-refractivity contribution in [2.24, 2.45) is 0 Å². The summed E-state index contributed by atoms with van der Waals surface area (Å²) in [6, 6.07) is 11.9. The molecule has 5 aromatic rings. The van der Waals surface area contributed by atoms with Crippen LogP contribution in [0.1, 0.15) is 0 Å². The highest BCUT2D eigenvalue weighted by atomic mass is 32.1. The summed E-state index contributed by atoms with van der Waals surface area (Å²) in [4.78, 5) is 42.9. The number of hydrogen-bond acceptors (Lipinski definition) is 9. The van der Waals surface area contributed by atoms with Crippen LogP contribution in [0.25, 0.3) is 38.0 Å². The smallest absolute Gasteiger partial charge is 0.333 e. The first-order valence-electron chi connectivity index (χ1n) is 12.1. The number of nitrogens with one attached hydrogen (secondary N) is 1. The van der Waals surface area contributed by atoms with E-state index in [4.69, 9.17) is 18.6 Å². The predicted octanol–water partition coefficient (Wildman–Crippen LogP) is 3.12. The summed E-state index contributed by atoms with van der Waals surface area (Å²) in [5, 5.41) is 2.23. The molecule has 1 fully saturated rings. The second-order valence-corrected chi connectivity index (χ2v) is 9.86. The highest BCUT2D eigenvalue weighted by Crippen LogP contribution is 2.45. The third-order valence-corrected chi connectivity index (χ3v) is 7.72. The molecule has 0 atom stereocenters. The Morgan fingerprint density at radius 1 is 0.895 bits per heavy atom. The number of ether oxygens (including phenoxy) is 3. The Morgan fingerprint density at radius 3 is 2.58 bits per heavy atom. The minimum absolute atomic E-state index is 0.131. The Balaban J connectivity index is 1.48. The van der Waals surface area contributed by atoms with Crippen LogP contribution in [0.5, 0.6) is 11.5 Å². The standard InChI is InChI=1S/C27H21N3O7S/c31-20-13-22(29-5-7-34-8-6-29)37-24-18(14-38-25(20)24)17-11-15(12-21-23(17)36-10-9-35-21)30-19-4-2-1-3-16(19)26(32)28-27(30)33/h1-4,11-14H,5-10H2,(H,28,32,33). The molecule has 1 saturated heterocycles. The van der Waals surface area contributed by atoms with Gasteiger partial charge in [-0.1, -0.05) is 12.1 Å². The zero-order valence-corrected chi connectivity index (χ0v) is 20.8. The van der Waals surface area contributed by atoms with Gasteiger partial charge in [0, 0.05) is 41.7 Å². The molecule has 2 aliphatic heterocycles. The lowest BCUT2D eigenvalue weighted by atomic mass is 10.0. The SMILES string of the molecule is O=c1[nH]c(=O)n(-c2cc3c(c(-c4csc5c(=O)cc(N6CCOCC6)oc45)c2)OCCO3)c2ccccc12. The first-order valence-corrected chi connectivity index (χ1v) is 13.0. The zero-order chi connectivity index (χ0) is 25.8. The van der Waals surface area contributed by atoms with E-state index in [0.29, 0.717) is 94.9 Å². The number of H-pyrrole nitrogens is 1. The molecule has 2 aliphatic rings. The van der Waals surface area contributed by atoms with Gasteiger partial charge < -0.3 is 23.5 Å². The zero-order valence-electron chi connectivity index (χ0n) is 20.0. The van der Waals surface area contributed by atoms with Gasteiger partial charge in [-0.2, -0.15) is 0 Å². The Kier molecular flexibility index (Phi) is 5.34. The second-order valence-electron chi connectivity index (χ2n) is 8.99. The summed E-state index contributed by atoms with van der Waals surface area (Å²) in [5.74, 6) is 1.44. The number of nitrogens with zero attached hydrogens (tertiary/aromatic N) is 2. The number of para-hydroxylation sites is 1. The summed E-state index contributed by atoms with van der Waals surface area (Å²) in [6.45, 7) is 3.06. The van der Waals surface area contributed by atoms with Gasteiger partial charge in [-0.05, 0) is 18.2 Å². The molecule has 0 spiro atoms. The number of aromatic amines is 1. The van der Waals surface area contributed by atoms with Crippen molar-refractivity contribution in [1.29, 1.82) is 0 Å². The molecule has 0 radical (unpaired) electrons. The molecule has 2 aromatic carbocycles. The number of aromatic nitrogens is 2. The van der Waals surface area contributed by atoms with E-state index in [0.717, 1.165) is 0 Å². The third kappa shape index (κ3) is 3.62. The third-order valence-electron chi connectivity index (χ3n) is 6.74. The van der Waals surface area contributed by atoms with Crippen molar-refractivity contribution in [3.63, 3.8) is 0 Å². The summed E-state index contributed by atoms with van der Waals surface area (Å²) < 4.78 is 25.6. The van der Waals surface area contributed by atoms with Crippen LogP contribution in [0.3, 0.4) is 0 Å². The average Bonchev–Trinajstić information content (AvgIpc) is 3.38. The highest BCUT2D eigenvalue weighted by molar-refractivity contribution is 7.17. The molecule has 3 aromatic heterocycles. The van der Waals surface area contributed by atoms with Crippen LogP contribution in [0, 0.1) is 0 Å². The lowest BCUT2D eigenvalue weighted by Crippen LogP contribution is -2.36. The summed E-state index contributed by atoms with van der Waals surface area (Å²) in [7, 11) is 0. The lowest BCUT2D eigenvalue weighted by molar-refractivity contribution is 0.121. The molecule has 1 N–H and O–H groups in total. The number of morpholine rings is 1. The molecular formula is C27H21N3O7S. The van der Waals surface area contributed by atoms with Crippen LogP contribution >= 0.6 is 11.3 Å². The molecule has 0 bridgehead atoms. The molecule has 38 heavy (non-hydrogen) atoms. The van der Waals surface area contributed by atoms with E-state index in [-0.39, 0.29) is 5.43 Å². The van der Waals surface area contributed by atoms with Crippen molar-refractivity contribution < 1.29 is 18.6 Å². The predicted molar refractivity (Wildman–Crippen MR) is 144 cm³/mol. The number of benzene rings is 2. The number of rotatable bonds is 3. The van der Waals surface area contributed by atoms with Gasteiger partial charge in [-0.3, -0.25) is 19.1 Å². The second kappa shape index (κ2) is 8.89. The van der Waals surface area contributed by atoms with Gasteiger partial charge in [0.05, 0.1) is 29.8 Å². The molecule has 10 nitrogen and oxygen atoms in total. The van der Waals surface area contributed by atoms with Crippen LogP contribution in [0.4, 0.5) is 5.88 Å². The maximum atomic E-state index is 13.1. The van der Waals surface area contributed by atoms with Crippen molar-refractivity contribution in [2.45, 2.75) is 0 Å². The molecule has 5 heterocycles. The maximum absolute atomic E-state index is 13.1. The van der Waals surface area contributed by atoms with E-state index in [2.05, 4.69) is 4.98 Å².